The van der Waals surface area contributed by atoms with Crippen LogP contribution in [0.15, 0.2) is 88.6 Å². The molecule has 1 aromatic carbocycles. The van der Waals surface area contributed by atoms with E-state index in [-0.39, 0.29) is 17.8 Å². The van der Waals surface area contributed by atoms with Gasteiger partial charge in [-0.3, -0.25) is 4.79 Å². The standard InChI is InChI=1S/C34H47N5O3/c1-6-30(24(2)10-14-36-26(4)35)32-31(11-18-42-32)25(3)37-23-27-8-7-9-28(20-27)33(40)38-29-21-34(22-29)12-15-39(16-13-34)17-19-41-5/h6-10,14,20,29,37H,1,4,11-13,15-19,21-23,35H2,2-3,5H3,(H,38,40)/b24-10+,31-25+,32-30-,36-14-. The lowest BCUT2D eigenvalue weighted by molar-refractivity contribution is 0.00112. The minimum Gasteiger partial charge on any atom is -0.492 e. The van der Waals surface area contributed by atoms with Crippen molar-refractivity contribution in [3.05, 3.63) is 94.7 Å². The number of nitrogens with two attached hydrogens (primary N) is 1. The molecule has 0 radical (unpaired) electrons. The van der Waals surface area contributed by atoms with Crippen LogP contribution in [0.3, 0.4) is 0 Å². The number of aliphatic imine (C=N–C) groups is 1. The van der Waals surface area contributed by atoms with Gasteiger partial charge in [0.1, 0.15) is 11.6 Å². The summed E-state index contributed by atoms with van der Waals surface area (Å²) in [6.45, 7) is 16.9. The van der Waals surface area contributed by atoms with Crippen molar-refractivity contribution in [2.75, 3.05) is 40.0 Å². The number of rotatable bonds is 12. The fourth-order valence-corrected chi connectivity index (χ4v) is 6.22. The molecule has 2 saturated heterocycles. The zero-order valence-corrected chi connectivity index (χ0v) is 25.5. The average Bonchev–Trinajstić information content (AvgIpc) is 3.44. The molecule has 2 aliphatic heterocycles. The average molecular weight is 574 g/mol. The van der Waals surface area contributed by atoms with Crippen LogP contribution < -0.4 is 16.4 Å². The van der Waals surface area contributed by atoms with Gasteiger partial charge in [0.2, 0.25) is 0 Å². The van der Waals surface area contributed by atoms with Crippen LogP contribution in [0.5, 0.6) is 0 Å². The second-order valence-corrected chi connectivity index (χ2v) is 11.7. The Labute approximate surface area is 251 Å². The smallest absolute Gasteiger partial charge is 0.251 e. The van der Waals surface area contributed by atoms with Crippen molar-refractivity contribution < 1.29 is 14.3 Å². The van der Waals surface area contributed by atoms with Gasteiger partial charge in [0, 0.05) is 61.3 Å². The van der Waals surface area contributed by atoms with Gasteiger partial charge in [0.05, 0.1) is 13.2 Å². The lowest BCUT2D eigenvalue weighted by Crippen LogP contribution is -2.55. The molecule has 0 bridgehead atoms. The van der Waals surface area contributed by atoms with E-state index in [2.05, 4.69) is 40.6 Å². The summed E-state index contributed by atoms with van der Waals surface area (Å²) in [5.41, 5.74) is 11.8. The molecule has 226 valence electrons. The summed E-state index contributed by atoms with van der Waals surface area (Å²) in [5, 5.41) is 6.83. The number of benzene rings is 1. The van der Waals surface area contributed by atoms with Gasteiger partial charge in [-0.05, 0) is 87.4 Å². The van der Waals surface area contributed by atoms with Crippen molar-refractivity contribution in [1.29, 1.82) is 0 Å². The SMILES string of the molecule is C=CC(=C1/OCC/C1=C(/C)NCc1cccc(C(=O)NC2CC3(CCN(CCOC)CC3)C2)c1)/C(C)=C/C=N\C(=C)N. The molecule has 8 nitrogen and oxygen atoms in total. The largest absolute Gasteiger partial charge is 0.492 e. The number of piperidine rings is 1. The van der Waals surface area contributed by atoms with Crippen LogP contribution >= 0.6 is 0 Å². The van der Waals surface area contributed by atoms with Crippen molar-refractivity contribution in [3.8, 4) is 0 Å². The second-order valence-electron chi connectivity index (χ2n) is 11.7. The topological polar surface area (TPSA) is 101 Å². The summed E-state index contributed by atoms with van der Waals surface area (Å²) in [5.74, 6) is 1.10. The third kappa shape index (κ3) is 8.01. The molecule has 1 spiro atoms. The predicted molar refractivity (Wildman–Crippen MR) is 170 cm³/mol. The van der Waals surface area contributed by atoms with Crippen molar-refractivity contribution in [2.24, 2.45) is 16.1 Å². The maximum Gasteiger partial charge on any atom is 0.251 e. The Morgan fingerprint density at radius 3 is 2.74 bits per heavy atom. The first-order valence-electron chi connectivity index (χ1n) is 14.9. The maximum absolute atomic E-state index is 13.1. The number of likely N-dealkylation sites (tertiary alicyclic amines) is 1. The number of allylic oxidation sites excluding steroid dienone is 6. The number of hydrogen-bond donors (Lipinski definition) is 3. The number of ether oxygens (including phenoxy) is 2. The van der Waals surface area contributed by atoms with Crippen LogP contribution in [0.2, 0.25) is 0 Å². The number of methoxy groups -OCH3 is 1. The highest BCUT2D eigenvalue weighted by Crippen LogP contribution is 2.49. The fourth-order valence-electron chi connectivity index (χ4n) is 6.22. The molecule has 1 amide bonds. The highest BCUT2D eigenvalue weighted by atomic mass is 16.5. The first kappa shape index (κ1) is 31.3. The summed E-state index contributed by atoms with van der Waals surface area (Å²) >= 11 is 0. The van der Waals surface area contributed by atoms with E-state index >= 15 is 0 Å². The molecular weight excluding hydrogens is 526 g/mol. The van der Waals surface area contributed by atoms with Gasteiger partial charge in [-0.1, -0.05) is 31.4 Å². The van der Waals surface area contributed by atoms with Crippen molar-refractivity contribution in [3.63, 3.8) is 0 Å². The zero-order valence-electron chi connectivity index (χ0n) is 25.5. The van der Waals surface area contributed by atoms with E-state index < -0.39 is 0 Å². The van der Waals surface area contributed by atoms with E-state index in [1.54, 1.807) is 13.3 Å². The van der Waals surface area contributed by atoms with E-state index in [1.165, 1.54) is 12.8 Å². The van der Waals surface area contributed by atoms with Crippen LogP contribution in [0.4, 0.5) is 0 Å². The molecular formula is C34H47N5O3. The third-order valence-electron chi connectivity index (χ3n) is 8.73. The first-order chi connectivity index (χ1) is 20.2. The molecule has 8 heteroatoms. The monoisotopic (exact) mass is 573 g/mol. The van der Waals surface area contributed by atoms with Crippen molar-refractivity contribution in [1.82, 2.24) is 15.5 Å². The molecule has 0 unspecified atom stereocenters. The van der Waals surface area contributed by atoms with Gasteiger partial charge in [0.15, 0.2) is 0 Å². The summed E-state index contributed by atoms with van der Waals surface area (Å²) in [6.07, 6.45) is 10.7. The number of nitrogens with one attached hydrogen (secondary N) is 2. The summed E-state index contributed by atoms with van der Waals surface area (Å²) in [4.78, 5) is 19.6. The highest BCUT2D eigenvalue weighted by molar-refractivity contribution is 5.94. The number of hydrogen-bond acceptors (Lipinski definition) is 7. The minimum atomic E-state index is 0.0124. The Morgan fingerprint density at radius 1 is 1.29 bits per heavy atom. The van der Waals surface area contributed by atoms with Crippen molar-refractivity contribution >= 4 is 12.1 Å². The molecule has 0 atom stereocenters. The van der Waals surface area contributed by atoms with Crippen LogP contribution in [0.1, 0.15) is 61.9 Å². The predicted octanol–water partition coefficient (Wildman–Crippen LogP) is 4.98. The number of carbonyl (C=O) groups excluding carboxylic acids is 1. The normalized spacial score (nSPS) is 21.5. The number of amides is 1. The Balaban J connectivity index is 1.33. The van der Waals surface area contributed by atoms with Crippen LogP contribution in [-0.2, 0) is 16.0 Å². The molecule has 2 heterocycles. The molecule has 1 saturated carbocycles. The van der Waals surface area contributed by atoms with E-state index in [4.69, 9.17) is 15.2 Å². The summed E-state index contributed by atoms with van der Waals surface area (Å²) in [7, 11) is 1.76. The minimum absolute atomic E-state index is 0.0124. The Hall–Kier alpha value is -3.62. The maximum atomic E-state index is 13.1. The van der Waals surface area contributed by atoms with E-state index in [0.29, 0.717) is 24.1 Å². The van der Waals surface area contributed by atoms with E-state index in [9.17, 15) is 4.79 Å². The van der Waals surface area contributed by atoms with Gasteiger partial charge < -0.3 is 30.7 Å². The molecule has 1 aliphatic carbocycles. The number of nitrogens with zero attached hydrogens (tertiary/aromatic N) is 2. The summed E-state index contributed by atoms with van der Waals surface area (Å²) in [6, 6.07) is 8.15. The van der Waals surface area contributed by atoms with Crippen LogP contribution in [0, 0.1) is 5.41 Å². The van der Waals surface area contributed by atoms with Gasteiger partial charge in [-0.25, -0.2) is 4.99 Å². The van der Waals surface area contributed by atoms with Crippen molar-refractivity contribution in [2.45, 2.75) is 58.5 Å². The quantitative estimate of drug-likeness (QED) is 0.305. The molecule has 1 aromatic rings. The Kier molecular flexibility index (Phi) is 10.8. The lowest BCUT2D eigenvalue weighted by atomic mass is 9.60. The van der Waals surface area contributed by atoms with Crippen LogP contribution in [-0.4, -0.2) is 63.0 Å². The second kappa shape index (κ2) is 14.5. The van der Waals surface area contributed by atoms with Crippen LogP contribution in [0.25, 0.3) is 0 Å². The van der Waals surface area contributed by atoms with Gasteiger partial charge in [-0.2, -0.15) is 0 Å². The third-order valence-corrected chi connectivity index (χ3v) is 8.73. The number of carbonyl (C=O) groups is 1. The molecule has 3 fully saturated rings. The van der Waals surface area contributed by atoms with Gasteiger partial charge in [-0.15, -0.1) is 0 Å². The Morgan fingerprint density at radius 2 is 2.05 bits per heavy atom. The fraction of sp³-hybridized carbons (Fsp3) is 0.471. The summed E-state index contributed by atoms with van der Waals surface area (Å²) < 4.78 is 11.3. The van der Waals surface area contributed by atoms with E-state index in [0.717, 1.165) is 79.2 Å². The Bertz CT molecular complexity index is 1280. The molecule has 4 N–H and O–H groups in total. The molecule has 4 rings (SSSR count). The molecule has 42 heavy (non-hydrogen) atoms. The lowest BCUT2D eigenvalue weighted by Gasteiger charge is -2.52. The zero-order chi connectivity index (χ0) is 30.1. The first-order valence-corrected chi connectivity index (χ1v) is 14.9. The van der Waals surface area contributed by atoms with Gasteiger partial charge >= 0.3 is 0 Å². The molecule has 0 aromatic heterocycles. The highest BCUT2D eigenvalue weighted by Gasteiger charge is 2.46. The molecule has 3 aliphatic rings. The van der Waals surface area contributed by atoms with Gasteiger partial charge in [0.25, 0.3) is 5.91 Å². The van der Waals surface area contributed by atoms with E-state index in [1.807, 2.05) is 43.3 Å².